The third-order valence-electron chi connectivity index (χ3n) is 10.8. The van der Waals surface area contributed by atoms with Gasteiger partial charge in [-0.05, 0) is 87.3 Å². The summed E-state index contributed by atoms with van der Waals surface area (Å²) >= 11 is 0. The molecule has 0 atom stereocenters. The molecule has 9 aromatic carbocycles. The first-order valence-corrected chi connectivity index (χ1v) is 21.0. The van der Waals surface area contributed by atoms with Crippen LogP contribution < -0.4 is 9.05 Å². The van der Waals surface area contributed by atoms with Crippen LogP contribution in [0.1, 0.15) is 19.4 Å². The van der Waals surface area contributed by atoms with Gasteiger partial charge in [0.25, 0.3) is 0 Å². The third-order valence-corrected chi connectivity index (χ3v) is 13.1. The van der Waals surface area contributed by atoms with E-state index in [2.05, 4.69) is 121 Å². The number of para-hydroxylation sites is 1. The van der Waals surface area contributed by atoms with Crippen molar-refractivity contribution in [1.29, 1.82) is 0 Å². The first-order valence-electron chi connectivity index (χ1n) is 18.8. The Labute approximate surface area is 328 Å². The number of hydrogen-bond donors (Lipinski definition) is 0. The van der Waals surface area contributed by atoms with Gasteiger partial charge >= 0.3 is 16.5 Å². The zero-order chi connectivity index (χ0) is 38.1. The molecule has 0 fully saturated rings. The normalized spacial score (nSPS) is 12.1. The Hall–Kier alpha value is -6.42. The van der Waals surface area contributed by atoms with Gasteiger partial charge in [0.15, 0.2) is 0 Å². The fourth-order valence-electron chi connectivity index (χ4n) is 8.13. The van der Waals surface area contributed by atoms with Gasteiger partial charge < -0.3 is 21.3 Å². The van der Waals surface area contributed by atoms with Crippen LogP contribution in [0.3, 0.4) is 0 Å². The van der Waals surface area contributed by atoms with Crippen molar-refractivity contribution in [2.24, 2.45) is 0 Å². The van der Waals surface area contributed by atoms with Crippen molar-refractivity contribution in [2.75, 3.05) is 0 Å². The van der Waals surface area contributed by atoms with Crippen molar-refractivity contribution in [3.05, 3.63) is 175 Å². The Bertz CT molecular complexity index is 3280. The number of fused-ring (bicyclic) bond motifs is 14. The van der Waals surface area contributed by atoms with Crippen LogP contribution in [-0.4, -0.2) is 0 Å². The lowest BCUT2D eigenvalue weighted by molar-refractivity contribution is 0.159. The summed E-state index contributed by atoms with van der Waals surface area (Å²) in [6.07, 6.45) is 0. The lowest BCUT2D eigenvalue weighted by atomic mass is 9.98. The summed E-state index contributed by atoms with van der Waals surface area (Å²) in [6.45, 7) is 4.01. The zero-order valence-electron chi connectivity index (χ0n) is 31.0. The smallest absolute Gasteiger partial charge is 0.399 e. The summed E-state index contributed by atoms with van der Waals surface area (Å²) in [5, 5.41) is 12.7. The van der Waals surface area contributed by atoms with E-state index in [0.717, 1.165) is 70.2 Å². The summed E-state index contributed by atoms with van der Waals surface area (Å²) in [6, 6.07) is 57.7. The molecule has 0 N–H and O–H groups in total. The molecule has 2 aromatic heterocycles. The molecule has 0 aliphatic heterocycles. The molecular weight excluding hydrogens is 746 g/mol. The summed E-state index contributed by atoms with van der Waals surface area (Å²) in [5.41, 5.74) is 2.66. The molecule has 0 saturated heterocycles. The molecule has 0 amide bonds. The van der Waals surface area contributed by atoms with E-state index in [1.807, 2.05) is 62.4 Å². The van der Waals surface area contributed by atoms with Crippen LogP contribution in [0, 0.1) is 0 Å². The standard InChI is InChI=1S/C49H34O6P2/c1-49(2,55-57-53-43-29-25-33-15-5-9-19-37(33)47(43)48-38-20-10-6-16-34(38)26-30-44(48)54-57)39-21-11-12-22-40(39)50-56-51-41-27-23-31-13-3-7-17-35(31)45(41)46-36-18-8-4-14-32(36)24-28-42(46)52-56/h3-30H,1-2H3. The third kappa shape index (κ3) is 5.76. The lowest BCUT2D eigenvalue weighted by Gasteiger charge is -2.25. The molecule has 2 heterocycles. The summed E-state index contributed by atoms with van der Waals surface area (Å²) in [4.78, 5) is 0. The van der Waals surface area contributed by atoms with Crippen LogP contribution in [0.2, 0.25) is 0 Å². The molecule has 11 rings (SSSR count). The van der Waals surface area contributed by atoms with Crippen molar-refractivity contribution >= 4 is 103 Å². The molecule has 0 bridgehead atoms. The molecule has 6 nitrogen and oxygen atoms in total. The van der Waals surface area contributed by atoms with Gasteiger partial charge in [-0.1, -0.05) is 140 Å². The molecule has 57 heavy (non-hydrogen) atoms. The van der Waals surface area contributed by atoms with Crippen molar-refractivity contribution in [2.45, 2.75) is 19.4 Å². The molecule has 276 valence electrons. The highest BCUT2D eigenvalue weighted by Gasteiger charge is 2.30. The Balaban J connectivity index is 1.07. The highest BCUT2D eigenvalue weighted by molar-refractivity contribution is 7.32. The highest BCUT2D eigenvalue weighted by atomic mass is 31.1. The van der Waals surface area contributed by atoms with E-state index >= 15 is 0 Å². The van der Waals surface area contributed by atoms with Crippen molar-refractivity contribution < 1.29 is 25.8 Å². The van der Waals surface area contributed by atoms with Crippen molar-refractivity contribution in [3.63, 3.8) is 0 Å². The van der Waals surface area contributed by atoms with Crippen molar-refractivity contribution in [1.82, 2.24) is 0 Å². The second-order valence-corrected chi connectivity index (χ2v) is 16.6. The minimum atomic E-state index is -1.96. The van der Waals surface area contributed by atoms with E-state index in [0.29, 0.717) is 28.1 Å². The van der Waals surface area contributed by atoms with Gasteiger partial charge in [0.2, 0.25) is 0 Å². The second-order valence-electron chi connectivity index (χ2n) is 14.6. The quantitative estimate of drug-likeness (QED) is 0.173. The molecule has 11 aromatic rings. The first kappa shape index (κ1) is 33.9. The monoisotopic (exact) mass is 780 g/mol. The van der Waals surface area contributed by atoms with E-state index in [-0.39, 0.29) is 0 Å². The topological polar surface area (TPSA) is 71.0 Å². The second kappa shape index (κ2) is 13.4. The molecule has 0 unspecified atom stereocenters. The van der Waals surface area contributed by atoms with E-state index in [1.54, 1.807) is 0 Å². The van der Waals surface area contributed by atoms with Gasteiger partial charge in [0.05, 0.1) is 0 Å². The van der Waals surface area contributed by atoms with Gasteiger partial charge in [-0.2, -0.15) is 0 Å². The van der Waals surface area contributed by atoms with Gasteiger partial charge in [-0.15, -0.1) is 0 Å². The Kier molecular flexibility index (Phi) is 7.94. The average Bonchev–Trinajstić information content (AvgIpc) is 3.51. The zero-order valence-corrected chi connectivity index (χ0v) is 32.8. The lowest BCUT2D eigenvalue weighted by Crippen LogP contribution is -2.24. The van der Waals surface area contributed by atoms with Crippen molar-refractivity contribution in [3.8, 4) is 5.75 Å². The van der Waals surface area contributed by atoms with Crippen LogP contribution >= 0.6 is 16.5 Å². The fourth-order valence-corrected chi connectivity index (χ4v) is 10.4. The number of hydrogen-bond acceptors (Lipinski definition) is 6. The first-order chi connectivity index (χ1) is 28.0. The number of rotatable bonds is 5. The predicted molar refractivity (Wildman–Crippen MR) is 235 cm³/mol. The molecule has 0 radical (unpaired) electrons. The largest absolute Gasteiger partial charge is 0.453 e. The van der Waals surface area contributed by atoms with Gasteiger partial charge in [-0.3, -0.25) is 4.52 Å². The SMILES string of the molecule is CC(C)(Op1oc2ccc3ccccc3c2c2c(ccc3ccccc32)o1)c1ccccc1Op1oc2ccc3ccccc3c2c2c(ccc3ccccc32)o1. The van der Waals surface area contributed by atoms with Gasteiger partial charge in [0.1, 0.15) is 33.7 Å². The Morgan fingerprint density at radius 2 is 0.702 bits per heavy atom. The minimum Gasteiger partial charge on any atom is -0.399 e. The van der Waals surface area contributed by atoms with Crippen LogP contribution in [-0.2, 0) is 5.60 Å². The van der Waals surface area contributed by atoms with Crippen LogP contribution in [0.25, 0.3) is 87.0 Å². The molecule has 0 aliphatic rings. The van der Waals surface area contributed by atoms with Crippen LogP contribution in [0.4, 0.5) is 0 Å². The van der Waals surface area contributed by atoms with E-state index in [4.69, 9.17) is 25.8 Å². The van der Waals surface area contributed by atoms with E-state index in [9.17, 15) is 0 Å². The predicted octanol–water partition coefficient (Wildman–Crippen LogP) is 15.7. The summed E-state index contributed by atoms with van der Waals surface area (Å²) in [5.74, 6) is 0.572. The van der Waals surface area contributed by atoms with Gasteiger partial charge in [0, 0.05) is 27.1 Å². The summed E-state index contributed by atoms with van der Waals surface area (Å²) < 4.78 is 40.6. The Morgan fingerprint density at radius 3 is 1.11 bits per heavy atom. The molecule has 0 spiro atoms. The Morgan fingerprint density at radius 1 is 0.368 bits per heavy atom. The maximum Gasteiger partial charge on any atom is 0.453 e. The maximum atomic E-state index is 6.91. The minimum absolute atomic E-state index is 0.572. The van der Waals surface area contributed by atoms with E-state index in [1.165, 1.54) is 0 Å². The average molecular weight is 781 g/mol. The molecule has 8 heteroatoms. The maximum absolute atomic E-state index is 6.91. The van der Waals surface area contributed by atoms with E-state index < -0.39 is 22.1 Å². The highest BCUT2D eigenvalue weighted by Crippen LogP contribution is 2.47. The van der Waals surface area contributed by atoms with Crippen LogP contribution in [0.15, 0.2) is 187 Å². The fraction of sp³-hybridized carbons (Fsp3) is 0.0612. The van der Waals surface area contributed by atoms with Gasteiger partial charge in [-0.25, -0.2) is 0 Å². The summed E-state index contributed by atoms with van der Waals surface area (Å²) in [7, 11) is -3.91. The molecule has 0 aliphatic carbocycles. The number of benzene rings is 9. The molecular formula is C49H34O6P2. The molecule has 0 saturated carbocycles. The van der Waals surface area contributed by atoms with Crippen LogP contribution in [0.5, 0.6) is 5.75 Å².